The number of nitrogens with one attached hydrogen (secondary N) is 1. The maximum atomic E-state index is 13.3. The van der Waals surface area contributed by atoms with Crippen molar-refractivity contribution < 1.29 is 19.1 Å². The summed E-state index contributed by atoms with van der Waals surface area (Å²) in [5.41, 5.74) is 1.14. The van der Waals surface area contributed by atoms with Crippen LogP contribution in [0.4, 0.5) is 4.79 Å². The lowest BCUT2D eigenvalue weighted by Crippen LogP contribution is -2.44. The highest BCUT2D eigenvalue weighted by Gasteiger charge is 2.53. The first kappa shape index (κ1) is 19.3. The molecule has 1 spiro atoms. The lowest BCUT2D eigenvalue weighted by Gasteiger charge is -2.27. The molecule has 29 heavy (non-hydrogen) atoms. The van der Waals surface area contributed by atoms with E-state index in [9.17, 15) is 9.59 Å². The Morgan fingerprint density at radius 2 is 1.72 bits per heavy atom. The fourth-order valence-corrected chi connectivity index (χ4v) is 4.23. The van der Waals surface area contributed by atoms with Crippen LogP contribution >= 0.6 is 0 Å². The Balaban J connectivity index is 1.45. The molecule has 3 amide bonds. The Kier molecular flexibility index (Phi) is 5.43. The molecule has 1 aliphatic heterocycles. The van der Waals surface area contributed by atoms with E-state index in [1.807, 2.05) is 49.4 Å². The number of hydrogen-bond donors (Lipinski definition) is 1. The van der Waals surface area contributed by atoms with Crippen LogP contribution in [0.3, 0.4) is 0 Å². The molecule has 0 saturated carbocycles. The summed E-state index contributed by atoms with van der Waals surface area (Å²) in [5.74, 6) is 1.28. The number of fused-ring (bicyclic) bond motifs is 2. The zero-order valence-corrected chi connectivity index (χ0v) is 16.6. The second-order valence-corrected chi connectivity index (χ2v) is 7.41. The summed E-state index contributed by atoms with van der Waals surface area (Å²) < 4.78 is 11.2. The molecule has 1 saturated heterocycles. The van der Waals surface area contributed by atoms with Crippen molar-refractivity contribution in [1.29, 1.82) is 0 Å². The number of imide groups is 1. The largest absolute Gasteiger partial charge is 0.494 e. The van der Waals surface area contributed by atoms with Crippen LogP contribution in [-0.2, 0) is 16.8 Å². The predicted octanol–water partition coefficient (Wildman–Crippen LogP) is 3.64. The average Bonchev–Trinajstić information content (AvgIpc) is 2.87. The van der Waals surface area contributed by atoms with Crippen LogP contribution in [0.25, 0.3) is 0 Å². The molecule has 2 aromatic rings. The molecular formula is C23H26N2O4. The number of amides is 3. The summed E-state index contributed by atoms with van der Waals surface area (Å²) in [5, 5.41) is 3.00. The van der Waals surface area contributed by atoms with Crippen molar-refractivity contribution in [3.05, 3.63) is 59.7 Å². The van der Waals surface area contributed by atoms with Crippen molar-refractivity contribution in [3.63, 3.8) is 0 Å². The molecule has 1 N–H and O–H groups in total. The van der Waals surface area contributed by atoms with Crippen LogP contribution in [-0.4, -0.2) is 36.6 Å². The minimum absolute atomic E-state index is 0.174. The molecule has 0 unspecified atom stereocenters. The molecule has 2 aliphatic rings. The van der Waals surface area contributed by atoms with Gasteiger partial charge in [0, 0.05) is 0 Å². The second kappa shape index (κ2) is 8.15. The van der Waals surface area contributed by atoms with Crippen molar-refractivity contribution in [2.24, 2.45) is 0 Å². The van der Waals surface area contributed by atoms with E-state index in [1.54, 1.807) is 0 Å². The summed E-state index contributed by atoms with van der Waals surface area (Å²) in [7, 11) is 0. The van der Waals surface area contributed by atoms with E-state index in [1.165, 1.54) is 4.90 Å². The Hall–Kier alpha value is -3.02. The molecule has 0 bridgehead atoms. The second-order valence-electron chi connectivity index (χ2n) is 7.41. The quantitative estimate of drug-likeness (QED) is 0.760. The number of carbonyl (C=O) groups excluding carboxylic acids is 2. The highest BCUT2D eigenvalue weighted by molar-refractivity contribution is 6.07. The highest BCUT2D eigenvalue weighted by atomic mass is 16.5. The van der Waals surface area contributed by atoms with Gasteiger partial charge in [-0.1, -0.05) is 24.3 Å². The highest BCUT2D eigenvalue weighted by Crippen LogP contribution is 2.38. The maximum Gasteiger partial charge on any atom is 0.325 e. The first-order valence-corrected chi connectivity index (χ1v) is 10.2. The van der Waals surface area contributed by atoms with Crippen molar-refractivity contribution in [2.75, 3.05) is 19.8 Å². The molecule has 1 fully saturated rings. The number of aryl methyl sites for hydroxylation is 1. The minimum Gasteiger partial charge on any atom is -0.494 e. The van der Waals surface area contributed by atoms with Crippen molar-refractivity contribution in [3.8, 4) is 11.5 Å². The van der Waals surface area contributed by atoms with Gasteiger partial charge in [0.15, 0.2) is 0 Å². The Labute approximate surface area is 170 Å². The molecule has 0 radical (unpaired) electrons. The van der Waals surface area contributed by atoms with Gasteiger partial charge in [-0.15, -0.1) is 0 Å². The first-order valence-electron chi connectivity index (χ1n) is 10.2. The third-order valence-electron chi connectivity index (χ3n) is 5.62. The van der Waals surface area contributed by atoms with Crippen molar-refractivity contribution in [2.45, 2.75) is 38.1 Å². The lowest BCUT2D eigenvalue weighted by molar-refractivity contribution is -0.132. The van der Waals surface area contributed by atoms with Gasteiger partial charge < -0.3 is 14.8 Å². The van der Waals surface area contributed by atoms with E-state index in [-0.39, 0.29) is 25.1 Å². The summed E-state index contributed by atoms with van der Waals surface area (Å²) in [6, 6.07) is 14.9. The monoisotopic (exact) mass is 394 g/mol. The fourth-order valence-electron chi connectivity index (χ4n) is 4.23. The van der Waals surface area contributed by atoms with Crippen LogP contribution in [0, 0.1) is 0 Å². The van der Waals surface area contributed by atoms with Gasteiger partial charge in [-0.2, -0.15) is 0 Å². The van der Waals surface area contributed by atoms with Crippen LogP contribution < -0.4 is 14.8 Å². The van der Waals surface area contributed by atoms with Gasteiger partial charge in [0.25, 0.3) is 5.91 Å². The Morgan fingerprint density at radius 3 is 2.48 bits per heavy atom. The average molecular weight is 394 g/mol. The smallest absolute Gasteiger partial charge is 0.325 e. The van der Waals surface area contributed by atoms with Crippen molar-refractivity contribution in [1.82, 2.24) is 10.2 Å². The molecule has 4 rings (SSSR count). The van der Waals surface area contributed by atoms with E-state index in [0.717, 1.165) is 36.1 Å². The lowest BCUT2D eigenvalue weighted by atomic mass is 9.84. The molecule has 1 atom stereocenters. The maximum absolute atomic E-state index is 13.3. The molecule has 1 heterocycles. The molecular weight excluding hydrogens is 368 g/mol. The zero-order valence-electron chi connectivity index (χ0n) is 16.6. The fraction of sp³-hybridized carbons (Fsp3) is 0.391. The summed E-state index contributed by atoms with van der Waals surface area (Å²) >= 11 is 0. The molecule has 2 aromatic carbocycles. The zero-order chi connectivity index (χ0) is 20.3. The summed E-state index contributed by atoms with van der Waals surface area (Å²) in [4.78, 5) is 27.3. The number of carbonyl (C=O) groups is 2. The third-order valence-corrected chi connectivity index (χ3v) is 5.62. The van der Waals surface area contributed by atoms with Gasteiger partial charge in [-0.25, -0.2) is 4.79 Å². The van der Waals surface area contributed by atoms with Gasteiger partial charge in [-0.3, -0.25) is 9.69 Å². The molecule has 1 aliphatic carbocycles. The normalized spacial score (nSPS) is 20.9. The van der Waals surface area contributed by atoms with Gasteiger partial charge >= 0.3 is 6.03 Å². The number of benzene rings is 2. The Bertz CT molecular complexity index is 896. The number of hydrogen-bond acceptors (Lipinski definition) is 4. The SMILES string of the molecule is CCOc1ccc(OCCN2C(=O)N[C@]3(CCCCc4ccccc43)C2=O)cc1. The molecule has 0 aromatic heterocycles. The number of ether oxygens (including phenoxy) is 2. The molecule has 6 heteroatoms. The first-order chi connectivity index (χ1) is 14.1. The minimum atomic E-state index is -0.941. The van der Waals surface area contributed by atoms with Crippen LogP contribution in [0.5, 0.6) is 11.5 Å². The van der Waals surface area contributed by atoms with E-state index in [0.29, 0.717) is 18.8 Å². The van der Waals surface area contributed by atoms with Gasteiger partial charge in [0.1, 0.15) is 23.6 Å². The predicted molar refractivity (Wildman–Crippen MR) is 109 cm³/mol. The van der Waals surface area contributed by atoms with Gasteiger partial charge in [0.2, 0.25) is 0 Å². The summed E-state index contributed by atoms with van der Waals surface area (Å²) in [6.07, 6.45) is 3.48. The topological polar surface area (TPSA) is 67.9 Å². The van der Waals surface area contributed by atoms with Crippen LogP contribution in [0.15, 0.2) is 48.5 Å². The number of urea groups is 1. The van der Waals surface area contributed by atoms with E-state index >= 15 is 0 Å². The van der Waals surface area contributed by atoms with E-state index in [2.05, 4.69) is 11.4 Å². The van der Waals surface area contributed by atoms with Crippen molar-refractivity contribution >= 4 is 11.9 Å². The number of rotatable bonds is 6. The van der Waals surface area contributed by atoms with Crippen LogP contribution in [0.2, 0.25) is 0 Å². The number of nitrogens with zero attached hydrogens (tertiary/aromatic N) is 1. The molecule has 152 valence electrons. The third kappa shape index (κ3) is 3.67. The summed E-state index contributed by atoms with van der Waals surface area (Å²) in [6.45, 7) is 2.99. The van der Waals surface area contributed by atoms with E-state index in [4.69, 9.17) is 9.47 Å². The standard InChI is InChI=1S/C23H26N2O4/c1-2-28-18-10-12-19(13-11-18)29-16-15-25-21(26)23(24-22(25)27)14-6-5-8-17-7-3-4-9-20(17)23/h3-4,7,9-13H,2,5-6,8,14-16H2,1H3,(H,24,27)/t23-/m0/s1. The van der Waals surface area contributed by atoms with Gasteiger partial charge in [0.05, 0.1) is 13.2 Å². The van der Waals surface area contributed by atoms with Gasteiger partial charge in [-0.05, 0) is 68.0 Å². The Morgan fingerprint density at radius 1 is 1.00 bits per heavy atom. The van der Waals surface area contributed by atoms with Crippen LogP contribution in [0.1, 0.15) is 37.3 Å². The van der Waals surface area contributed by atoms with E-state index < -0.39 is 5.54 Å². The molecule has 6 nitrogen and oxygen atoms in total.